The van der Waals surface area contributed by atoms with Crippen LogP contribution in [0.3, 0.4) is 0 Å². The van der Waals surface area contributed by atoms with Crippen molar-refractivity contribution < 1.29 is 14.3 Å². The van der Waals surface area contributed by atoms with Crippen LogP contribution in [0.1, 0.15) is 31.3 Å². The van der Waals surface area contributed by atoms with E-state index >= 15 is 0 Å². The van der Waals surface area contributed by atoms with Crippen LogP contribution in [0.4, 0.5) is 4.39 Å². The minimum atomic E-state index is -1.07. The lowest BCUT2D eigenvalue weighted by Gasteiger charge is -2.26. The van der Waals surface area contributed by atoms with E-state index in [4.69, 9.17) is 11.6 Å². The summed E-state index contributed by atoms with van der Waals surface area (Å²) in [5, 5.41) is 13.5. The Hall–Kier alpha value is -2.57. The molecule has 5 nitrogen and oxygen atoms in total. The summed E-state index contributed by atoms with van der Waals surface area (Å²) in [6.07, 6.45) is 3.19. The van der Waals surface area contributed by atoms with Crippen LogP contribution in [0.2, 0.25) is 5.02 Å². The molecule has 3 rings (SSSR count). The molecule has 0 aliphatic carbocycles. The first-order valence-corrected chi connectivity index (χ1v) is 8.78. The maximum absolute atomic E-state index is 13.9. The molecular weight excluding hydrogens is 369 g/mol. The van der Waals surface area contributed by atoms with Crippen LogP contribution in [0.25, 0.3) is 22.0 Å². The number of fused-ring (bicyclic) bond motifs is 1. The highest BCUT2D eigenvalue weighted by atomic mass is 35.5. The summed E-state index contributed by atoms with van der Waals surface area (Å²) < 4.78 is 13.9. The quantitative estimate of drug-likeness (QED) is 0.710. The standard InChI is InChI=1S/C20H19ClFN3O2/c1-11(20(2,3)27)24-19(26)17-7-5-13-9-23-10-14(18(13)25-17)12-4-6-15(21)16(22)8-12/h4-11,27H,1-3H3,(H,24,26). The zero-order valence-corrected chi connectivity index (χ0v) is 15.9. The number of rotatable bonds is 4. The molecule has 3 aromatic rings. The molecule has 0 bridgehead atoms. The summed E-state index contributed by atoms with van der Waals surface area (Å²) in [7, 11) is 0. The number of nitrogens with zero attached hydrogens (tertiary/aromatic N) is 2. The smallest absolute Gasteiger partial charge is 0.270 e. The van der Waals surface area contributed by atoms with E-state index in [9.17, 15) is 14.3 Å². The predicted molar refractivity (Wildman–Crippen MR) is 103 cm³/mol. The average molecular weight is 388 g/mol. The van der Waals surface area contributed by atoms with Gasteiger partial charge in [0.05, 0.1) is 22.2 Å². The average Bonchev–Trinajstić information content (AvgIpc) is 2.62. The van der Waals surface area contributed by atoms with Crippen molar-refractivity contribution in [3.8, 4) is 11.1 Å². The minimum Gasteiger partial charge on any atom is -0.388 e. The van der Waals surface area contributed by atoms with Crippen molar-refractivity contribution in [2.45, 2.75) is 32.4 Å². The van der Waals surface area contributed by atoms with Gasteiger partial charge in [-0.1, -0.05) is 17.7 Å². The van der Waals surface area contributed by atoms with E-state index < -0.39 is 23.4 Å². The molecule has 0 spiro atoms. The van der Waals surface area contributed by atoms with Gasteiger partial charge in [0.2, 0.25) is 0 Å². The summed E-state index contributed by atoms with van der Waals surface area (Å²) in [6, 6.07) is 7.30. The monoisotopic (exact) mass is 387 g/mol. The molecule has 0 fully saturated rings. The molecule has 0 aliphatic heterocycles. The van der Waals surface area contributed by atoms with Crippen LogP contribution in [0.15, 0.2) is 42.7 Å². The summed E-state index contributed by atoms with van der Waals surface area (Å²) in [6.45, 7) is 4.94. The van der Waals surface area contributed by atoms with Gasteiger partial charge in [0.15, 0.2) is 0 Å². The summed E-state index contributed by atoms with van der Waals surface area (Å²) in [5.41, 5.74) is 0.802. The maximum Gasteiger partial charge on any atom is 0.270 e. The Bertz CT molecular complexity index is 1020. The molecule has 0 saturated heterocycles. The van der Waals surface area contributed by atoms with Gasteiger partial charge in [-0.25, -0.2) is 9.37 Å². The molecular formula is C20H19ClFN3O2. The fourth-order valence-corrected chi connectivity index (χ4v) is 2.61. The molecule has 1 amide bonds. The number of hydrogen-bond donors (Lipinski definition) is 2. The van der Waals surface area contributed by atoms with Crippen molar-refractivity contribution >= 4 is 28.4 Å². The second-order valence-corrected chi connectivity index (χ2v) is 7.34. The minimum absolute atomic E-state index is 0.0283. The second kappa shape index (κ2) is 7.21. The van der Waals surface area contributed by atoms with Crippen LogP contribution in [-0.2, 0) is 0 Å². The third kappa shape index (κ3) is 4.07. The van der Waals surface area contributed by atoms with E-state index in [1.54, 1.807) is 51.4 Å². The lowest BCUT2D eigenvalue weighted by molar-refractivity contribution is 0.0407. The molecule has 0 saturated carbocycles. The molecule has 2 heterocycles. The zero-order valence-electron chi connectivity index (χ0n) is 15.1. The fourth-order valence-electron chi connectivity index (χ4n) is 2.49. The molecule has 1 aromatic carbocycles. The van der Waals surface area contributed by atoms with Gasteiger partial charge in [-0.15, -0.1) is 0 Å². The number of hydrogen-bond acceptors (Lipinski definition) is 4. The molecule has 2 N–H and O–H groups in total. The van der Waals surface area contributed by atoms with E-state index in [2.05, 4.69) is 15.3 Å². The largest absolute Gasteiger partial charge is 0.388 e. The van der Waals surface area contributed by atoms with Gasteiger partial charge in [-0.2, -0.15) is 0 Å². The molecule has 140 valence electrons. The molecule has 1 atom stereocenters. The second-order valence-electron chi connectivity index (χ2n) is 6.93. The Morgan fingerprint density at radius 2 is 2.00 bits per heavy atom. The molecule has 2 aromatic heterocycles. The van der Waals surface area contributed by atoms with Crippen molar-refractivity contribution in [1.82, 2.24) is 15.3 Å². The van der Waals surface area contributed by atoms with Crippen LogP contribution in [0.5, 0.6) is 0 Å². The van der Waals surface area contributed by atoms with Gasteiger partial charge in [-0.3, -0.25) is 9.78 Å². The van der Waals surface area contributed by atoms with Gasteiger partial charge in [-0.05, 0) is 50.6 Å². The number of pyridine rings is 2. The van der Waals surface area contributed by atoms with Crippen molar-refractivity contribution in [2.24, 2.45) is 0 Å². The van der Waals surface area contributed by atoms with Crippen molar-refractivity contribution in [1.29, 1.82) is 0 Å². The van der Waals surface area contributed by atoms with E-state index in [1.165, 1.54) is 12.1 Å². The van der Waals surface area contributed by atoms with Crippen molar-refractivity contribution in [3.05, 3.63) is 59.3 Å². The molecule has 1 unspecified atom stereocenters. The molecule has 7 heteroatoms. The van der Waals surface area contributed by atoms with Crippen LogP contribution < -0.4 is 5.32 Å². The van der Waals surface area contributed by atoms with E-state index in [0.717, 1.165) is 5.39 Å². The van der Waals surface area contributed by atoms with Crippen LogP contribution in [-0.4, -0.2) is 32.6 Å². The van der Waals surface area contributed by atoms with Gasteiger partial charge in [0.1, 0.15) is 11.5 Å². The summed E-state index contributed by atoms with van der Waals surface area (Å²) >= 11 is 5.76. The van der Waals surface area contributed by atoms with Gasteiger partial charge < -0.3 is 10.4 Å². The number of carbonyl (C=O) groups excluding carboxylic acids is 1. The Labute approximate surface area is 161 Å². The van der Waals surface area contributed by atoms with Crippen molar-refractivity contribution in [2.75, 3.05) is 0 Å². The Morgan fingerprint density at radius 3 is 2.67 bits per heavy atom. The van der Waals surface area contributed by atoms with Crippen molar-refractivity contribution in [3.63, 3.8) is 0 Å². The number of amides is 1. The Morgan fingerprint density at radius 1 is 1.26 bits per heavy atom. The number of benzene rings is 1. The van der Waals surface area contributed by atoms with Gasteiger partial charge in [0, 0.05) is 23.3 Å². The van der Waals surface area contributed by atoms with Crippen LogP contribution in [0, 0.1) is 5.82 Å². The number of halogens is 2. The third-order valence-corrected chi connectivity index (χ3v) is 4.78. The van der Waals surface area contributed by atoms with Gasteiger partial charge in [0.25, 0.3) is 5.91 Å². The fraction of sp³-hybridized carbons (Fsp3) is 0.250. The topological polar surface area (TPSA) is 75.1 Å². The molecule has 27 heavy (non-hydrogen) atoms. The molecule has 0 radical (unpaired) electrons. The highest BCUT2D eigenvalue weighted by Crippen LogP contribution is 2.29. The number of aromatic nitrogens is 2. The first-order valence-electron chi connectivity index (χ1n) is 8.40. The number of nitrogens with one attached hydrogen (secondary N) is 1. The Kier molecular flexibility index (Phi) is 5.13. The first-order chi connectivity index (χ1) is 12.7. The summed E-state index contributed by atoms with van der Waals surface area (Å²) in [5.74, 6) is -0.948. The highest BCUT2D eigenvalue weighted by Gasteiger charge is 2.24. The lowest BCUT2D eigenvalue weighted by atomic mass is 10.0. The van der Waals surface area contributed by atoms with Gasteiger partial charge >= 0.3 is 0 Å². The number of carbonyl (C=O) groups is 1. The molecule has 0 aliphatic rings. The Balaban J connectivity index is 2.04. The van der Waals surface area contributed by atoms with Crippen LogP contribution >= 0.6 is 11.6 Å². The zero-order chi connectivity index (χ0) is 19.8. The third-order valence-electron chi connectivity index (χ3n) is 4.47. The maximum atomic E-state index is 13.9. The normalized spacial score (nSPS) is 12.8. The first kappa shape index (κ1) is 19.2. The summed E-state index contributed by atoms with van der Waals surface area (Å²) in [4.78, 5) is 21.1. The highest BCUT2D eigenvalue weighted by molar-refractivity contribution is 6.30. The van der Waals surface area contributed by atoms with E-state index in [0.29, 0.717) is 16.6 Å². The van der Waals surface area contributed by atoms with E-state index in [-0.39, 0.29) is 10.7 Å². The predicted octanol–water partition coefficient (Wildman–Crippen LogP) is 3.98. The van der Waals surface area contributed by atoms with E-state index in [1.807, 2.05) is 0 Å². The SMILES string of the molecule is CC(NC(=O)c1ccc2cncc(-c3ccc(Cl)c(F)c3)c2n1)C(C)(C)O. The lowest BCUT2D eigenvalue weighted by Crippen LogP contribution is -2.47. The number of aliphatic hydroxyl groups is 1.